The standard InChI is InChI=1S/C14H19NO/c1-3-4-8-14(16)15-11-13-7-5-6-12(2)9-10-13/h3,5-6,9-10H,1,4,7-8,11H2,2H3,(H,15,16). The largest absolute Gasteiger partial charge is 0.352 e. The minimum atomic E-state index is 0.0923. The van der Waals surface area contributed by atoms with Gasteiger partial charge in [-0.05, 0) is 25.3 Å². The molecule has 0 atom stereocenters. The van der Waals surface area contributed by atoms with E-state index in [2.05, 4.69) is 43.1 Å². The molecule has 0 unspecified atom stereocenters. The molecule has 0 heterocycles. The van der Waals surface area contributed by atoms with Gasteiger partial charge in [-0.25, -0.2) is 0 Å². The zero-order valence-electron chi connectivity index (χ0n) is 9.83. The molecule has 1 aliphatic rings. The summed E-state index contributed by atoms with van der Waals surface area (Å²) in [5, 5.41) is 2.91. The summed E-state index contributed by atoms with van der Waals surface area (Å²) in [5.74, 6) is 0.0923. The molecule has 0 aromatic rings. The Hall–Kier alpha value is -1.57. The number of hydrogen-bond acceptors (Lipinski definition) is 1. The van der Waals surface area contributed by atoms with Gasteiger partial charge in [0.05, 0.1) is 0 Å². The molecule has 16 heavy (non-hydrogen) atoms. The molecule has 0 aliphatic heterocycles. The van der Waals surface area contributed by atoms with E-state index in [1.165, 1.54) is 11.1 Å². The van der Waals surface area contributed by atoms with Crippen LogP contribution in [0.1, 0.15) is 26.2 Å². The van der Waals surface area contributed by atoms with Crippen molar-refractivity contribution in [1.82, 2.24) is 5.32 Å². The van der Waals surface area contributed by atoms with E-state index in [9.17, 15) is 4.79 Å². The molecular weight excluding hydrogens is 198 g/mol. The van der Waals surface area contributed by atoms with E-state index in [1.807, 2.05) is 0 Å². The van der Waals surface area contributed by atoms with E-state index in [0.29, 0.717) is 13.0 Å². The SMILES string of the molecule is C=CCCC(=O)NCC1=CC=C(C)C=CC1. The second kappa shape index (κ2) is 6.83. The summed E-state index contributed by atoms with van der Waals surface area (Å²) >= 11 is 0. The Morgan fingerprint density at radius 2 is 2.38 bits per heavy atom. The van der Waals surface area contributed by atoms with E-state index in [-0.39, 0.29) is 5.91 Å². The Morgan fingerprint density at radius 1 is 1.56 bits per heavy atom. The third kappa shape index (κ3) is 4.78. The van der Waals surface area contributed by atoms with Gasteiger partial charge >= 0.3 is 0 Å². The molecule has 0 saturated heterocycles. The number of carbonyl (C=O) groups excluding carboxylic acids is 1. The van der Waals surface area contributed by atoms with Crippen molar-refractivity contribution in [2.24, 2.45) is 0 Å². The second-order valence-corrected chi connectivity index (χ2v) is 3.95. The minimum Gasteiger partial charge on any atom is -0.352 e. The predicted octanol–water partition coefficient (Wildman–Crippen LogP) is 2.90. The molecule has 0 bridgehead atoms. The average Bonchev–Trinajstić information content (AvgIpc) is 2.48. The number of rotatable bonds is 5. The quantitative estimate of drug-likeness (QED) is 0.705. The van der Waals surface area contributed by atoms with Crippen LogP contribution in [0.4, 0.5) is 0 Å². The summed E-state index contributed by atoms with van der Waals surface area (Å²) in [5.41, 5.74) is 2.48. The van der Waals surface area contributed by atoms with Crippen LogP contribution in [0, 0.1) is 0 Å². The third-order valence-electron chi connectivity index (χ3n) is 2.43. The van der Waals surface area contributed by atoms with E-state index in [0.717, 1.165) is 12.8 Å². The number of nitrogens with one attached hydrogen (secondary N) is 1. The Labute approximate surface area is 97.4 Å². The molecule has 0 aromatic heterocycles. The normalized spacial score (nSPS) is 14.8. The van der Waals surface area contributed by atoms with Crippen molar-refractivity contribution < 1.29 is 4.79 Å². The molecule has 0 saturated carbocycles. The number of amides is 1. The molecule has 86 valence electrons. The van der Waals surface area contributed by atoms with E-state index >= 15 is 0 Å². The van der Waals surface area contributed by atoms with E-state index in [1.54, 1.807) is 6.08 Å². The van der Waals surface area contributed by atoms with Gasteiger partial charge in [0.2, 0.25) is 5.91 Å². The fourth-order valence-electron chi connectivity index (χ4n) is 1.43. The molecule has 1 aliphatic carbocycles. The van der Waals surface area contributed by atoms with Crippen molar-refractivity contribution >= 4 is 5.91 Å². The molecule has 0 fully saturated rings. The van der Waals surface area contributed by atoms with Gasteiger partial charge in [0.15, 0.2) is 0 Å². The highest BCUT2D eigenvalue weighted by Gasteiger charge is 2.01. The lowest BCUT2D eigenvalue weighted by molar-refractivity contribution is -0.120. The zero-order valence-corrected chi connectivity index (χ0v) is 9.83. The maximum Gasteiger partial charge on any atom is 0.220 e. The van der Waals surface area contributed by atoms with Gasteiger partial charge in [0.25, 0.3) is 0 Å². The van der Waals surface area contributed by atoms with Crippen LogP contribution in [0.3, 0.4) is 0 Å². The van der Waals surface area contributed by atoms with Gasteiger partial charge in [-0.15, -0.1) is 6.58 Å². The zero-order chi connectivity index (χ0) is 11.8. The first-order chi connectivity index (χ1) is 7.72. The van der Waals surface area contributed by atoms with Crippen molar-refractivity contribution in [2.75, 3.05) is 6.54 Å². The van der Waals surface area contributed by atoms with Crippen molar-refractivity contribution in [3.05, 3.63) is 48.1 Å². The lowest BCUT2D eigenvalue weighted by Gasteiger charge is -2.05. The average molecular weight is 217 g/mol. The van der Waals surface area contributed by atoms with Gasteiger partial charge in [0, 0.05) is 13.0 Å². The molecule has 1 N–H and O–H groups in total. The minimum absolute atomic E-state index is 0.0923. The van der Waals surface area contributed by atoms with Crippen LogP contribution in [0.15, 0.2) is 48.1 Å². The molecule has 2 heteroatoms. The van der Waals surface area contributed by atoms with Crippen LogP contribution >= 0.6 is 0 Å². The second-order valence-electron chi connectivity index (χ2n) is 3.95. The van der Waals surface area contributed by atoms with Crippen LogP contribution in [-0.2, 0) is 4.79 Å². The van der Waals surface area contributed by atoms with Crippen LogP contribution < -0.4 is 5.32 Å². The van der Waals surface area contributed by atoms with E-state index in [4.69, 9.17) is 0 Å². The molecular formula is C14H19NO. The topological polar surface area (TPSA) is 29.1 Å². The maximum absolute atomic E-state index is 11.4. The third-order valence-corrected chi connectivity index (χ3v) is 2.43. The summed E-state index contributed by atoms with van der Waals surface area (Å²) in [6.07, 6.45) is 12.3. The molecule has 1 rings (SSSR count). The summed E-state index contributed by atoms with van der Waals surface area (Å²) in [4.78, 5) is 11.4. The van der Waals surface area contributed by atoms with Crippen molar-refractivity contribution in [1.29, 1.82) is 0 Å². The number of hydrogen-bond donors (Lipinski definition) is 1. The Morgan fingerprint density at radius 3 is 3.12 bits per heavy atom. The predicted molar refractivity (Wildman–Crippen MR) is 68.0 cm³/mol. The molecule has 2 nitrogen and oxygen atoms in total. The summed E-state index contributed by atoms with van der Waals surface area (Å²) < 4.78 is 0. The van der Waals surface area contributed by atoms with Gasteiger partial charge in [-0.3, -0.25) is 4.79 Å². The monoisotopic (exact) mass is 217 g/mol. The Kier molecular flexibility index (Phi) is 5.34. The number of allylic oxidation sites excluding steroid dienone is 6. The summed E-state index contributed by atoms with van der Waals surface area (Å²) in [6.45, 7) is 6.31. The van der Waals surface area contributed by atoms with Crippen LogP contribution in [0.5, 0.6) is 0 Å². The first-order valence-corrected chi connectivity index (χ1v) is 5.63. The van der Waals surface area contributed by atoms with E-state index < -0.39 is 0 Å². The Bertz CT molecular complexity index is 348. The van der Waals surface area contributed by atoms with Crippen molar-refractivity contribution in [3.8, 4) is 0 Å². The van der Waals surface area contributed by atoms with Crippen molar-refractivity contribution in [2.45, 2.75) is 26.2 Å². The fraction of sp³-hybridized carbons (Fsp3) is 0.357. The molecule has 0 radical (unpaired) electrons. The van der Waals surface area contributed by atoms with Gasteiger partial charge in [-0.2, -0.15) is 0 Å². The lowest BCUT2D eigenvalue weighted by Crippen LogP contribution is -2.25. The smallest absolute Gasteiger partial charge is 0.220 e. The van der Waals surface area contributed by atoms with Crippen LogP contribution in [0.25, 0.3) is 0 Å². The maximum atomic E-state index is 11.4. The highest BCUT2D eigenvalue weighted by molar-refractivity contribution is 5.76. The number of carbonyl (C=O) groups is 1. The molecule has 0 aromatic carbocycles. The van der Waals surface area contributed by atoms with Crippen LogP contribution in [-0.4, -0.2) is 12.5 Å². The van der Waals surface area contributed by atoms with Crippen molar-refractivity contribution in [3.63, 3.8) is 0 Å². The lowest BCUT2D eigenvalue weighted by atomic mass is 10.2. The molecule has 0 spiro atoms. The van der Waals surface area contributed by atoms with Gasteiger partial charge < -0.3 is 5.32 Å². The summed E-state index contributed by atoms with van der Waals surface area (Å²) in [7, 11) is 0. The summed E-state index contributed by atoms with van der Waals surface area (Å²) in [6, 6.07) is 0. The fourth-order valence-corrected chi connectivity index (χ4v) is 1.43. The Balaban J connectivity index is 2.35. The van der Waals surface area contributed by atoms with Gasteiger partial charge in [-0.1, -0.05) is 36.0 Å². The first-order valence-electron chi connectivity index (χ1n) is 5.63. The highest BCUT2D eigenvalue weighted by atomic mass is 16.1. The highest BCUT2D eigenvalue weighted by Crippen LogP contribution is 2.09. The van der Waals surface area contributed by atoms with Gasteiger partial charge in [0.1, 0.15) is 0 Å². The first kappa shape index (κ1) is 12.5. The molecule has 1 amide bonds. The van der Waals surface area contributed by atoms with Crippen LogP contribution in [0.2, 0.25) is 0 Å².